The molecule has 0 aliphatic carbocycles. The summed E-state index contributed by atoms with van der Waals surface area (Å²) in [6, 6.07) is 11.4. The standard InChI is InChI=1S/C17H15N5O/c1-12-10-20-17(21-11-13-5-4-8-23-13)22-16(12)14(9-18)15-6-2-3-7-19-15/h2-8,10H,11H2,1H3,(H2,20,21,22)/b16-14+. The molecule has 0 unspecified atom stereocenters. The quantitative estimate of drug-likeness (QED) is 0.851. The van der Waals surface area contributed by atoms with E-state index in [1.807, 2.05) is 43.5 Å². The highest BCUT2D eigenvalue weighted by molar-refractivity contribution is 5.90. The number of aliphatic imine (C=N–C) groups is 1. The van der Waals surface area contributed by atoms with Crippen LogP contribution >= 0.6 is 0 Å². The van der Waals surface area contributed by atoms with Crippen LogP contribution in [0.3, 0.4) is 0 Å². The van der Waals surface area contributed by atoms with E-state index in [2.05, 4.69) is 26.7 Å². The summed E-state index contributed by atoms with van der Waals surface area (Å²) in [7, 11) is 0. The van der Waals surface area contributed by atoms with E-state index in [0.29, 0.717) is 29.5 Å². The highest BCUT2D eigenvalue weighted by atomic mass is 16.3. The van der Waals surface area contributed by atoms with Gasteiger partial charge in [0, 0.05) is 12.4 Å². The molecular weight excluding hydrogens is 290 g/mol. The molecular formula is C17H15N5O. The molecule has 0 saturated carbocycles. The Hall–Kier alpha value is -3.33. The summed E-state index contributed by atoms with van der Waals surface area (Å²) in [5, 5.41) is 15.7. The van der Waals surface area contributed by atoms with E-state index in [0.717, 1.165) is 11.3 Å². The van der Waals surface area contributed by atoms with Gasteiger partial charge in [-0.05, 0) is 36.8 Å². The van der Waals surface area contributed by atoms with Crippen molar-refractivity contribution in [1.29, 1.82) is 5.26 Å². The lowest BCUT2D eigenvalue weighted by atomic mass is 10.1. The summed E-state index contributed by atoms with van der Waals surface area (Å²) in [4.78, 5) is 8.66. The van der Waals surface area contributed by atoms with Crippen LogP contribution in [0.2, 0.25) is 0 Å². The smallest absolute Gasteiger partial charge is 0.200 e. The van der Waals surface area contributed by atoms with Crippen molar-refractivity contribution in [3.8, 4) is 6.07 Å². The zero-order valence-electron chi connectivity index (χ0n) is 12.6. The highest BCUT2D eigenvalue weighted by Gasteiger charge is 2.17. The Bertz CT molecular complexity index is 810. The molecule has 0 radical (unpaired) electrons. The number of hydrogen-bond acceptors (Lipinski definition) is 4. The fourth-order valence-electron chi connectivity index (χ4n) is 2.16. The average Bonchev–Trinajstić information content (AvgIpc) is 3.10. The first-order valence-corrected chi connectivity index (χ1v) is 7.11. The molecule has 2 aromatic heterocycles. The van der Waals surface area contributed by atoms with E-state index >= 15 is 0 Å². The summed E-state index contributed by atoms with van der Waals surface area (Å²) >= 11 is 0. The molecule has 0 bridgehead atoms. The normalized spacial score (nSPS) is 17.7. The molecule has 23 heavy (non-hydrogen) atoms. The van der Waals surface area contributed by atoms with Gasteiger partial charge in [0.2, 0.25) is 0 Å². The van der Waals surface area contributed by atoms with Gasteiger partial charge in [-0.25, -0.2) is 4.99 Å². The Morgan fingerprint density at radius 1 is 1.35 bits per heavy atom. The molecule has 0 saturated heterocycles. The van der Waals surface area contributed by atoms with Gasteiger partial charge in [-0.3, -0.25) is 4.98 Å². The minimum atomic E-state index is 0.411. The topological polar surface area (TPSA) is 86.2 Å². The molecule has 0 aromatic carbocycles. The lowest BCUT2D eigenvalue weighted by molar-refractivity contribution is 0.512. The second-order valence-electron chi connectivity index (χ2n) is 4.92. The summed E-state index contributed by atoms with van der Waals surface area (Å²) in [5.41, 5.74) is 2.70. The Morgan fingerprint density at radius 2 is 2.26 bits per heavy atom. The molecule has 0 atom stereocenters. The van der Waals surface area contributed by atoms with Crippen molar-refractivity contribution in [3.05, 3.63) is 71.7 Å². The monoisotopic (exact) mass is 305 g/mol. The van der Waals surface area contributed by atoms with E-state index in [1.54, 1.807) is 12.5 Å². The van der Waals surface area contributed by atoms with Crippen molar-refractivity contribution >= 4 is 11.5 Å². The zero-order chi connectivity index (χ0) is 16.1. The zero-order valence-corrected chi connectivity index (χ0v) is 12.6. The van der Waals surface area contributed by atoms with Crippen molar-refractivity contribution in [2.24, 2.45) is 4.99 Å². The fourth-order valence-corrected chi connectivity index (χ4v) is 2.16. The van der Waals surface area contributed by atoms with Crippen molar-refractivity contribution in [1.82, 2.24) is 15.6 Å². The SMILES string of the molecule is CC1=CNC(=NCc2ccco2)N/C1=C(\C#N)c1ccccn1. The van der Waals surface area contributed by atoms with Gasteiger partial charge in [0.25, 0.3) is 0 Å². The van der Waals surface area contributed by atoms with Crippen LogP contribution in [0.5, 0.6) is 0 Å². The van der Waals surface area contributed by atoms with Crippen LogP contribution in [0, 0.1) is 11.3 Å². The first kappa shape index (κ1) is 14.6. The molecule has 114 valence electrons. The number of furan rings is 1. The first-order chi connectivity index (χ1) is 11.3. The van der Waals surface area contributed by atoms with E-state index in [4.69, 9.17) is 4.42 Å². The van der Waals surface area contributed by atoms with Gasteiger partial charge in [-0.15, -0.1) is 0 Å². The van der Waals surface area contributed by atoms with Gasteiger partial charge in [0.05, 0.1) is 17.7 Å². The Kier molecular flexibility index (Phi) is 4.20. The number of rotatable bonds is 3. The molecule has 1 aliphatic heterocycles. The van der Waals surface area contributed by atoms with Crippen LogP contribution in [0.1, 0.15) is 18.4 Å². The van der Waals surface area contributed by atoms with Gasteiger partial charge in [0.1, 0.15) is 23.9 Å². The maximum atomic E-state index is 9.53. The Labute approximate surface area is 133 Å². The van der Waals surface area contributed by atoms with Crippen molar-refractivity contribution in [2.45, 2.75) is 13.5 Å². The fraction of sp³-hybridized carbons (Fsp3) is 0.118. The third-order valence-electron chi connectivity index (χ3n) is 3.32. The largest absolute Gasteiger partial charge is 0.467 e. The number of guanidine groups is 1. The number of nitriles is 1. The number of allylic oxidation sites excluding steroid dienone is 2. The second kappa shape index (κ2) is 6.62. The molecule has 3 rings (SSSR count). The third-order valence-corrected chi connectivity index (χ3v) is 3.32. The molecule has 2 aromatic rings. The van der Waals surface area contributed by atoms with Gasteiger partial charge >= 0.3 is 0 Å². The van der Waals surface area contributed by atoms with E-state index < -0.39 is 0 Å². The summed E-state index contributed by atoms with van der Waals surface area (Å²) in [6.45, 7) is 2.33. The predicted molar refractivity (Wildman–Crippen MR) is 86.6 cm³/mol. The van der Waals surface area contributed by atoms with Crippen LogP contribution < -0.4 is 10.6 Å². The van der Waals surface area contributed by atoms with Gasteiger partial charge in [0.15, 0.2) is 5.96 Å². The van der Waals surface area contributed by atoms with Gasteiger partial charge < -0.3 is 15.1 Å². The van der Waals surface area contributed by atoms with Crippen LogP contribution in [-0.4, -0.2) is 10.9 Å². The molecule has 0 fully saturated rings. The number of nitrogens with one attached hydrogen (secondary N) is 2. The minimum absolute atomic E-state index is 0.411. The predicted octanol–water partition coefficient (Wildman–Crippen LogP) is 2.56. The van der Waals surface area contributed by atoms with Crippen LogP contribution in [0.25, 0.3) is 5.57 Å². The van der Waals surface area contributed by atoms with E-state index in [1.165, 1.54) is 0 Å². The summed E-state index contributed by atoms with van der Waals surface area (Å²) in [5.74, 6) is 1.33. The molecule has 6 nitrogen and oxygen atoms in total. The van der Waals surface area contributed by atoms with Crippen LogP contribution in [0.4, 0.5) is 0 Å². The molecule has 0 amide bonds. The summed E-state index contributed by atoms with van der Waals surface area (Å²) < 4.78 is 5.26. The van der Waals surface area contributed by atoms with E-state index in [-0.39, 0.29) is 0 Å². The molecule has 1 aliphatic rings. The second-order valence-corrected chi connectivity index (χ2v) is 4.92. The van der Waals surface area contributed by atoms with Crippen LogP contribution in [0.15, 0.2) is 69.7 Å². The van der Waals surface area contributed by atoms with Gasteiger partial charge in [-0.2, -0.15) is 5.26 Å². The first-order valence-electron chi connectivity index (χ1n) is 7.11. The molecule has 3 heterocycles. The van der Waals surface area contributed by atoms with Crippen molar-refractivity contribution < 1.29 is 4.42 Å². The van der Waals surface area contributed by atoms with Crippen LogP contribution in [-0.2, 0) is 6.54 Å². The maximum Gasteiger partial charge on any atom is 0.200 e. The molecule has 0 spiro atoms. The maximum absolute atomic E-state index is 9.53. The number of nitrogens with zero attached hydrogens (tertiary/aromatic N) is 3. The van der Waals surface area contributed by atoms with Crippen molar-refractivity contribution in [2.75, 3.05) is 0 Å². The number of hydrogen-bond donors (Lipinski definition) is 2. The Morgan fingerprint density at radius 3 is 2.96 bits per heavy atom. The lowest BCUT2D eigenvalue weighted by Gasteiger charge is -2.20. The average molecular weight is 305 g/mol. The van der Waals surface area contributed by atoms with Gasteiger partial charge in [-0.1, -0.05) is 6.07 Å². The highest BCUT2D eigenvalue weighted by Crippen LogP contribution is 2.21. The van der Waals surface area contributed by atoms with E-state index in [9.17, 15) is 5.26 Å². The summed E-state index contributed by atoms with van der Waals surface area (Å²) in [6.07, 6.45) is 5.09. The third kappa shape index (κ3) is 3.30. The Balaban J connectivity index is 1.91. The lowest BCUT2D eigenvalue weighted by Crippen LogP contribution is -2.38. The number of pyridine rings is 1. The molecule has 2 N–H and O–H groups in total. The minimum Gasteiger partial charge on any atom is -0.467 e. The molecule has 6 heteroatoms. The number of aromatic nitrogens is 1. The van der Waals surface area contributed by atoms with Crippen molar-refractivity contribution in [3.63, 3.8) is 0 Å².